The minimum atomic E-state index is -0.287. The number of nitrogens with zero attached hydrogens (tertiary/aromatic N) is 3. The van der Waals surface area contributed by atoms with E-state index in [-0.39, 0.29) is 11.7 Å². The number of rotatable bonds is 6. The molecule has 0 unspecified atom stereocenters. The van der Waals surface area contributed by atoms with Crippen LogP contribution in [0.15, 0.2) is 48.5 Å². The quantitative estimate of drug-likeness (QED) is 0.634. The molecule has 3 aromatic rings. The van der Waals surface area contributed by atoms with Gasteiger partial charge in [-0.1, -0.05) is 24.3 Å². The van der Waals surface area contributed by atoms with Crippen molar-refractivity contribution in [3.05, 3.63) is 76.0 Å². The molecule has 1 amide bonds. The molecular weight excluding hydrogens is 411 g/mol. The van der Waals surface area contributed by atoms with Crippen LogP contribution in [-0.4, -0.2) is 53.9 Å². The van der Waals surface area contributed by atoms with Gasteiger partial charge in [0.15, 0.2) is 0 Å². The number of carbonyl (C=O) groups excluding carboxylic acids is 1. The van der Waals surface area contributed by atoms with Gasteiger partial charge >= 0.3 is 0 Å². The average molecular weight is 439 g/mol. The Kier molecular flexibility index (Phi) is 6.75. The van der Waals surface area contributed by atoms with Crippen LogP contribution in [0.4, 0.5) is 4.39 Å². The molecule has 0 bridgehead atoms. The highest BCUT2D eigenvalue weighted by Gasteiger charge is 2.17. The zero-order valence-electron chi connectivity index (χ0n) is 17.9. The van der Waals surface area contributed by atoms with Gasteiger partial charge in [-0.05, 0) is 49.4 Å². The van der Waals surface area contributed by atoms with Crippen LogP contribution >= 0.6 is 11.3 Å². The van der Waals surface area contributed by atoms with E-state index in [0.717, 1.165) is 48.9 Å². The van der Waals surface area contributed by atoms with Gasteiger partial charge in [0.2, 0.25) is 0 Å². The van der Waals surface area contributed by atoms with E-state index in [0.29, 0.717) is 17.1 Å². The summed E-state index contributed by atoms with van der Waals surface area (Å²) in [4.78, 5) is 22.7. The van der Waals surface area contributed by atoms with Gasteiger partial charge in [-0.15, -0.1) is 11.3 Å². The summed E-state index contributed by atoms with van der Waals surface area (Å²) < 4.78 is 13.2. The van der Waals surface area contributed by atoms with E-state index in [9.17, 15) is 9.18 Å². The van der Waals surface area contributed by atoms with Crippen LogP contribution in [0.3, 0.4) is 0 Å². The Balaban J connectivity index is 1.37. The SMILES string of the molecule is Cc1nc(-c2ccc(F)cc2)sc1C(=O)NCc1cccc(CN2CCN(C)CC2)c1. The number of piperazine rings is 1. The zero-order valence-corrected chi connectivity index (χ0v) is 18.7. The number of amides is 1. The van der Waals surface area contributed by atoms with Gasteiger partial charge in [-0.3, -0.25) is 9.69 Å². The van der Waals surface area contributed by atoms with Gasteiger partial charge in [-0.25, -0.2) is 9.37 Å². The predicted octanol–water partition coefficient (Wildman–Crippen LogP) is 3.94. The van der Waals surface area contributed by atoms with Crippen molar-refractivity contribution in [2.75, 3.05) is 33.2 Å². The minimum absolute atomic E-state index is 0.132. The van der Waals surface area contributed by atoms with Crippen LogP contribution in [-0.2, 0) is 13.1 Å². The van der Waals surface area contributed by atoms with Gasteiger partial charge < -0.3 is 10.2 Å². The average Bonchev–Trinajstić information content (AvgIpc) is 3.16. The Morgan fingerprint density at radius 2 is 1.81 bits per heavy atom. The standard InChI is InChI=1S/C24H27FN4OS/c1-17-22(31-24(27-17)20-6-8-21(25)9-7-20)23(30)26-15-18-4-3-5-19(14-18)16-29-12-10-28(2)11-13-29/h3-9,14H,10-13,15-16H2,1-2H3,(H,26,30). The molecule has 0 spiro atoms. The van der Waals surface area contributed by atoms with Crippen molar-refractivity contribution in [3.8, 4) is 10.6 Å². The molecule has 162 valence electrons. The van der Waals surface area contributed by atoms with Crippen LogP contribution in [0.2, 0.25) is 0 Å². The van der Waals surface area contributed by atoms with Gasteiger partial charge in [-0.2, -0.15) is 0 Å². The fraction of sp³-hybridized carbons (Fsp3) is 0.333. The van der Waals surface area contributed by atoms with E-state index in [1.807, 2.05) is 13.0 Å². The van der Waals surface area contributed by atoms with E-state index >= 15 is 0 Å². The summed E-state index contributed by atoms with van der Waals surface area (Å²) >= 11 is 1.33. The van der Waals surface area contributed by atoms with Crippen LogP contribution in [0, 0.1) is 12.7 Å². The van der Waals surface area contributed by atoms with E-state index in [1.54, 1.807) is 12.1 Å². The lowest BCUT2D eigenvalue weighted by Crippen LogP contribution is -2.43. The minimum Gasteiger partial charge on any atom is -0.347 e. The second-order valence-corrected chi connectivity index (χ2v) is 9.02. The lowest BCUT2D eigenvalue weighted by atomic mass is 10.1. The van der Waals surface area contributed by atoms with Crippen molar-refractivity contribution in [3.63, 3.8) is 0 Å². The molecular formula is C24H27FN4OS. The van der Waals surface area contributed by atoms with Gasteiger partial charge in [0.25, 0.3) is 5.91 Å². The summed E-state index contributed by atoms with van der Waals surface area (Å²) in [6.45, 7) is 7.60. The van der Waals surface area contributed by atoms with E-state index < -0.39 is 0 Å². The molecule has 0 radical (unpaired) electrons. The number of aryl methyl sites for hydroxylation is 1. The number of hydrogen-bond donors (Lipinski definition) is 1. The number of aromatic nitrogens is 1. The summed E-state index contributed by atoms with van der Waals surface area (Å²) in [5.74, 6) is -0.419. The third-order valence-corrected chi connectivity index (χ3v) is 6.75. The van der Waals surface area contributed by atoms with Crippen molar-refractivity contribution in [1.29, 1.82) is 0 Å². The molecule has 1 N–H and O–H groups in total. The number of hydrogen-bond acceptors (Lipinski definition) is 5. The summed E-state index contributed by atoms with van der Waals surface area (Å²) in [7, 11) is 2.16. The number of halogens is 1. The van der Waals surface area contributed by atoms with E-state index in [1.165, 1.54) is 29.0 Å². The molecule has 1 aromatic heterocycles. The molecule has 1 saturated heterocycles. The van der Waals surface area contributed by atoms with Crippen LogP contribution in [0.1, 0.15) is 26.5 Å². The van der Waals surface area contributed by atoms with Crippen molar-refractivity contribution in [1.82, 2.24) is 20.1 Å². The van der Waals surface area contributed by atoms with Crippen molar-refractivity contribution >= 4 is 17.2 Å². The highest BCUT2D eigenvalue weighted by atomic mass is 32.1. The molecule has 0 aliphatic carbocycles. The Morgan fingerprint density at radius 3 is 2.55 bits per heavy atom. The molecule has 0 saturated carbocycles. The highest BCUT2D eigenvalue weighted by molar-refractivity contribution is 7.17. The lowest BCUT2D eigenvalue weighted by molar-refractivity contribution is 0.0954. The first-order chi connectivity index (χ1) is 15.0. The van der Waals surface area contributed by atoms with Crippen molar-refractivity contribution in [2.24, 2.45) is 0 Å². The van der Waals surface area contributed by atoms with Crippen LogP contribution in [0.5, 0.6) is 0 Å². The van der Waals surface area contributed by atoms with Crippen molar-refractivity contribution in [2.45, 2.75) is 20.0 Å². The molecule has 1 aliphatic rings. The highest BCUT2D eigenvalue weighted by Crippen LogP contribution is 2.28. The second kappa shape index (κ2) is 9.68. The molecule has 1 fully saturated rings. The largest absolute Gasteiger partial charge is 0.347 e. The predicted molar refractivity (Wildman–Crippen MR) is 123 cm³/mol. The van der Waals surface area contributed by atoms with Crippen LogP contribution in [0.25, 0.3) is 10.6 Å². The lowest BCUT2D eigenvalue weighted by Gasteiger charge is -2.32. The van der Waals surface area contributed by atoms with E-state index in [2.05, 4.69) is 45.3 Å². The number of likely N-dealkylation sites (N-methyl/N-ethyl adjacent to an activating group) is 1. The first-order valence-electron chi connectivity index (χ1n) is 10.5. The Morgan fingerprint density at radius 1 is 1.10 bits per heavy atom. The maximum absolute atomic E-state index is 13.2. The third kappa shape index (κ3) is 5.55. The van der Waals surface area contributed by atoms with E-state index in [4.69, 9.17) is 0 Å². The third-order valence-electron chi connectivity index (χ3n) is 5.54. The maximum atomic E-state index is 13.2. The van der Waals surface area contributed by atoms with Crippen molar-refractivity contribution < 1.29 is 9.18 Å². The monoisotopic (exact) mass is 438 g/mol. The molecule has 4 rings (SSSR count). The number of nitrogens with one attached hydrogen (secondary N) is 1. The number of benzene rings is 2. The normalized spacial score (nSPS) is 15.2. The van der Waals surface area contributed by atoms with Crippen LogP contribution < -0.4 is 5.32 Å². The fourth-order valence-corrected chi connectivity index (χ4v) is 4.68. The number of thiazole rings is 1. The second-order valence-electron chi connectivity index (χ2n) is 8.02. The van der Waals surface area contributed by atoms with Gasteiger partial charge in [0.1, 0.15) is 15.7 Å². The fourth-order valence-electron chi connectivity index (χ4n) is 3.69. The first kappa shape index (κ1) is 21.6. The topological polar surface area (TPSA) is 48.5 Å². The summed E-state index contributed by atoms with van der Waals surface area (Å²) in [5, 5.41) is 3.74. The first-order valence-corrected chi connectivity index (χ1v) is 11.3. The molecule has 2 heterocycles. The molecule has 1 aliphatic heterocycles. The molecule has 2 aromatic carbocycles. The Hall–Kier alpha value is -2.61. The molecule has 31 heavy (non-hydrogen) atoms. The zero-order chi connectivity index (χ0) is 21.8. The summed E-state index contributed by atoms with van der Waals surface area (Å²) in [6.07, 6.45) is 0. The Bertz CT molecular complexity index is 1040. The number of carbonyl (C=O) groups is 1. The molecule has 0 atom stereocenters. The summed E-state index contributed by atoms with van der Waals surface area (Å²) in [5.41, 5.74) is 3.85. The van der Waals surface area contributed by atoms with Gasteiger partial charge in [0, 0.05) is 44.8 Å². The molecule has 5 nitrogen and oxygen atoms in total. The smallest absolute Gasteiger partial charge is 0.263 e. The Labute approximate surface area is 186 Å². The maximum Gasteiger partial charge on any atom is 0.263 e. The molecule has 7 heteroatoms. The van der Waals surface area contributed by atoms with Gasteiger partial charge in [0.05, 0.1) is 5.69 Å². The summed E-state index contributed by atoms with van der Waals surface area (Å²) in [6, 6.07) is 14.6.